The minimum atomic E-state index is -1.20. The van der Waals surface area contributed by atoms with Crippen molar-refractivity contribution in [1.82, 2.24) is 0 Å². The zero-order chi connectivity index (χ0) is 11.8. The molecule has 2 N–H and O–H groups in total. The molecule has 0 aliphatic heterocycles. The highest BCUT2D eigenvalue weighted by Gasteiger charge is 2.26. The quantitative estimate of drug-likeness (QED) is 0.718. The summed E-state index contributed by atoms with van der Waals surface area (Å²) in [5, 5.41) is 0. The number of nitrogens with two attached hydrogens (primary N) is 1. The summed E-state index contributed by atoms with van der Waals surface area (Å²) in [4.78, 5) is 0. The van der Waals surface area contributed by atoms with Crippen molar-refractivity contribution >= 4 is 0 Å². The molecule has 15 heavy (non-hydrogen) atoms. The normalized spacial score (nSPS) is 14.1. The first kappa shape index (κ1) is 12.0. The maximum atomic E-state index is 13.3. The Balaban J connectivity index is 3.21. The molecular formula is C11H14F3N. The Morgan fingerprint density at radius 2 is 1.47 bits per heavy atom. The molecule has 0 saturated carbocycles. The van der Waals surface area contributed by atoms with Crippen LogP contribution < -0.4 is 5.73 Å². The number of benzene rings is 1. The minimum Gasteiger partial charge on any atom is -0.323 e. The molecule has 1 atom stereocenters. The van der Waals surface area contributed by atoms with Gasteiger partial charge in [-0.05, 0) is 11.5 Å². The van der Waals surface area contributed by atoms with E-state index in [-0.39, 0.29) is 5.56 Å². The van der Waals surface area contributed by atoms with Crippen LogP contribution in [-0.4, -0.2) is 0 Å². The van der Waals surface area contributed by atoms with Gasteiger partial charge in [-0.2, -0.15) is 0 Å². The highest BCUT2D eigenvalue weighted by atomic mass is 19.2. The predicted octanol–water partition coefficient (Wildman–Crippen LogP) is 3.15. The van der Waals surface area contributed by atoms with E-state index in [1.165, 1.54) is 0 Å². The second kappa shape index (κ2) is 3.85. The van der Waals surface area contributed by atoms with Crippen LogP contribution in [-0.2, 0) is 0 Å². The Morgan fingerprint density at radius 3 is 1.93 bits per heavy atom. The number of halogens is 3. The Morgan fingerprint density at radius 1 is 1.00 bits per heavy atom. The monoisotopic (exact) mass is 217 g/mol. The summed E-state index contributed by atoms with van der Waals surface area (Å²) in [6.07, 6.45) is 0. The zero-order valence-corrected chi connectivity index (χ0v) is 8.94. The van der Waals surface area contributed by atoms with Gasteiger partial charge in [-0.3, -0.25) is 0 Å². The van der Waals surface area contributed by atoms with Gasteiger partial charge >= 0.3 is 0 Å². The summed E-state index contributed by atoms with van der Waals surface area (Å²) in [6.45, 7) is 5.41. The van der Waals surface area contributed by atoms with Gasteiger partial charge in [0.2, 0.25) is 0 Å². The van der Waals surface area contributed by atoms with Gasteiger partial charge in [0.1, 0.15) is 5.82 Å². The van der Waals surface area contributed by atoms with E-state index in [2.05, 4.69) is 0 Å². The van der Waals surface area contributed by atoms with Gasteiger partial charge in [-0.15, -0.1) is 0 Å². The minimum absolute atomic E-state index is 0.00130. The lowest BCUT2D eigenvalue weighted by Crippen LogP contribution is -2.27. The molecule has 4 heteroatoms. The molecule has 0 radical (unpaired) electrons. The topological polar surface area (TPSA) is 26.0 Å². The molecular weight excluding hydrogens is 203 g/mol. The van der Waals surface area contributed by atoms with Crippen molar-refractivity contribution in [2.45, 2.75) is 26.8 Å². The molecule has 0 saturated heterocycles. The third-order valence-electron chi connectivity index (χ3n) is 2.31. The average molecular weight is 217 g/mol. The van der Waals surface area contributed by atoms with E-state index in [4.69, 9.17) is 5.73 Å². The summed E-state index contributed by atoms with van der Waals surface area (Å²) >= 11 is 0. The van der Waals surface area contributed by atoms with Gasteiger partial charge in [-0.1, -0.05) is 20.8 Å². The van der Waals surface area contributed by atoms with Gasteiger partial charge in [0.05, 0.1) is 0 Å². The van der Waals surface area contributed by atoms with Crippen molar-refractivity contribution in [3.63, 3.8) is 0 Å². The van der Waals surface area contributed by atoms with Gasteiger partial charge < -0.3 is 5.73 Å². The van der Waals surface area contributed by atoms with Gasteiger partial charge in [0, 0.05) is 17.7 Å². The van der Waals surface area contributed by atoms with Crippen molar-refractivity contribution in [2.75, 3.05) is 0 Å². The van der Waals surface area contributed by atoms with E-state index in [9.17, 15) is 13.2 Å². The molecule has 0 aliphatic carbocycles. The lowest BCUT2D eigenvalue weighted by atomic mass is 9.83. The average Bonchev–Trinajstić information content (AvgIpc) is 2.08. The first-order valence-electron chi connectivity index (χ1n) is 4.63. The van der Waals surface area contributed by atoms with Crippen molar-refractivity contribution in [3.05, 3.63) is 35.1 Å². The fourth-order valence-corrected chi connectivity index (χ4v) is 1.24. The van der Waals surface area contributed by atoms with Crippen molar-refractivity contribution in [2.24, 2.45) is 11.1 Å². The van der Waals surface area contributed by atoms with Crippen LogP contribution in [0.3, 0.4) is 0 Å². The first-order valence-corrected chi connectivity index (χ1v) is 4.63. The van der Waals surface area contributed by atoms with Crippen LogP contribution in [0.15, 0.2) is 12.1 Å². The molecule has 0 spiro atoms. The summed E-state index contributed by atoms with van der Waals surface area (Å²) in [6, 6.07) is 0.671. The van der Waals surface area contributed by atoms with Crippen LogP contribution >= 0.6 is 0 Å². The molecule has 0 amide bonds. The van der Waals surface area contributed by atoms with E-state index in [1.54, 1.807) is 20.8 Å². The largest absolute Gasteiger partial charge is 0.323 e. The molecule has 0 aromatic heterocycles. The lowest BCUT2D eigenvalue weighted by Gasteiger charge is -2.27. The van der Waals surface area contributed by atoms with Crippen LogP contribution in [0.4, 0.5) is 13.2 Å². The summed E-state index contributed by atoms with van der Waals surface area (Å²) in [7, 11) is 0. The van der Waals surface area contributed by atoms with E-state index in [0.29, 0.717) is 6.07 Å². The maximum Gasteiger partial charge on any atom is 0.161 e. The van der Waals surface area contributed by atoms with Crippen LogP contribution in [0.2, 0.25) is 0 Å². The SMILES string of the molecule is CC(C)(C)[C@@H](N)c1cc(F)c(F)cc1F. The smallest absolute Gasteiger partial charge is 0.161 e. The molecule has 1 rings (SSSR count). The van der Waals surface area contributed by atoms with Crippen molar-refractivity contribution in [1.29, 1.82) is 0 Å². The second-order valence-electron chi connectivity index (χ2n) is 4.63. The molecule has 0 fully saturated rings. The van der Waals surface area contributed by atoms with Crippen LogP contribution in [0.5, 0.6) is 0 Å². The summed E-state index contributed by atoms with van der Waals surface area (Å²) < 4.78 is 38.9. The first-order chi connectivity index (χ1) is 6.73. The summed E-state index contributed by atoms with van der Waals surface area (Å²) in [5.41, 5.74) is 5.35. The third kappa shape index (κ3) is 2.50. The number of hydrogen-bond acceptors (Lipinski definition) is 1. The molecule has 1 nitrogen and oxygen atoms in total. The Labute approximate surface area is 87.1 Å². The Kier molecular flexibility index (Phi) is 3.09. The molecule has 0 heterocycles. The van der Waals surface area contributed by atoms with Crippen LogP contribution in [0.1, 0.15) is 32.4 Å². The molecule has 0 unspecified atom stereocenters. The molecule has 0 bridgehead atoms. The lowest BCUT2D eigenvalue weighted by molar-refractivity contribution is 0.317. The number of rotatable bonds is 1. The molecule has 1 aromatic rings. The summed E-state index contributed by atoms with van der Waals surface area (Å²) in [5.74, 6) is -3.08. The van der Waals surface area contributed by atoms with Crippen molar-refractivity contribution < 1.29 is 13.2 Å². The van der Waals surface area contributed by atoms with E-state index >= 15 is 0 Å². The van der Waals surface area contributed by atoms with E-state index in [0.717, 1.165) is 6.07 Å². The van der Waals surface area contributed by atoms with Gasteiger partial charge in [0.25, 0.3) is 0 Å². The van der Waals surface area contributed by atoms with Crippen LogP contribution in [0.25, 0.3) is 0 Å². The van der Waals surface area contributed by atoms with Crippen LogP contribution in [0, 0.1) is 22.9 Å². The zero-order valence-electron chi connectivity index (χ0n) is 8.94. The Bertz CT molecular complexity index is 369. The molecule has 84 valence electrons. The molecule has 0 aliphatic rings. The van der Waals surface area contributed by atoms with Crippen molar-refractivity contribution in [3.8, 4) is 0 Å². The van der Waals surface area contributed by atoms with Gasteiger partial charge in [0.15, 0.2) is 11.6 Å². The standard InChI is InChI=1S/C11H14F3N/c1-11(2,3)10(15)6-4-8(13)9(14)5-7(6)12/h4-5,10H,15H2,1-3H3/t10-/m0/s1. The van der Waals surface area contributed by atoms with E-state index < -0.39 is 28.9 Å². The Hall–Kier alpha value is -1.03. The highest BCUT2D eigenvalue weighted by molar-refractivity contribution is 5.24. The fourth-order valence-electron chi connectivity index (χ4n) is 1.24. The number of hydrogen-bond donors (Lipinski definition) is 1. The second-order valence-corrected chi connectivity index (χ2v) is 4.63. The third-order valence-corrected chi connectivity index (χ3v) is 2.31. The highest BCUT2D eigenvalue weighted by Crippen LogP contribution is 2.32. The van der Waals surface area contributed by atoms with Gasteiger partial charge in [-0.25, -0.2) is 13.2 Å². The maximum absolute atomic E-state index is 13.3. The predicted molar refractivity (Wildman–Crippen MR) is 52.7 cm³/mol. The fraction of sp³-hybridized carbons (Fsp3) is 0.455. The van der Waals surface area contributed by atoms with E-state index in [1.807, 2.05) is 0 Å². The molecule has 1 aromatic carbocycles.